The van der Waals surface area contributed by atoms with Crippen molar-refractivity contribution in [1.82, 2.24) is 5.32 Å². The summed E-state index contributed by atoms with van der Waals surface area (Å²) in [4.78, 5) is 23.6. The number of anilines is 1. The van der Waals surface area contributed by atoms with E-state index in [0.29, 0.717) is 17.8 Å². The summed E-state index contributed by atoms with van der Waals surface area (Å²) in [5.74, 6) is -0.816. The van der Waals surface area contributed by atoms with Crippen LogP contribution < -0.4 is 10.6 Å². The summed E-state index contributed by atoms with van der Waals surface area (Å²) in [6.07, 6.45) is -0.285. The molecule has 0 saturated heterocycles. The maximum absolute atomic E-state index is 11.8. The Kier molecular flexibility index (Phi) is 5.27. The first-order valence-electron chi connectivity index (χ1n) is 6.78. The minimum Gasteiger partial charge on any atom is -0.352 e. The van der Waals surface area contributed by atoms with E-state index < -0.39 is 5.91 Å². The molecule has 0 bridgehead atoms. The van der Waals surface area contributed by atoms with Gasteiger partial charge in [-0.15, -0.1) is 0 Å². The average molecular weight is 293 g/mol. The van der Waals surface area contributed by atoms with E-state index in [0.717, 1.165) is 5.56 Å². The van der Waals surface area contributed by atoms with E-state index >= 15 is 0 Å². The molecule has 2 N–H and O–H groups in total. The van der Waals surface area contributed by atoms with Crippen LogP contribution in [-0.4, -0.2) is 11.8 Å². The fraction of sp³-hybridized carbons (Fsp3) is 0.118. The average Bonchev–Trinajstić information content (AvgIpc) is 2.54. The number of carbonyl (C=O) groups is 2. The van der Waals surface area contributed by atoms with Gasteiger partial charge in [0, 0.05) is 6.54 Å². The second kappa shape index (κ2) is 7.60. The molecule has 0 atom stereocenters. The Morgan fingerprint density at radius 3 is 2.36 bits per heavy atom. The van der Waals surface area contributed by atoms with Crippen molar-refractivity contribution in [2.24, 2.45) is 0 Å². The number of nitrogens with one attached hydrogen (secondary N) is 2. The maximum Gasteiger partial charge on any atom is 0.233 e. The Morgan fingerprint density at radius 1 is 0.955 bits per heavy atom. The summed E-state index contributed by atoms with van der Waals surface area (Å²) in [6, 6.07) is 18.1. The van der Waals surface area contributed by atoms with Crippen LogP contribution in [0.15, 0.2) is 54.6 Å². The van der Waals surface area contributed by atoms with Crippen molar-refractivity contribution in [3.05, 3.63) is 65.7 Å². The lowest BCUT2D eigenvalue weighted by atomic mass is 10.2. The number of para-hydroxylation sites is 1. The second-order valence-corrected chi connectivity index (χ2v) is 4.64. The second-order valence-electron chi connectivity index (χ2n) is 4.64. The first-order valence-corrected chi connectivity index (χ1v) is 6.78. The monoisotopic (exact) mass is 293 g/mol. The molecule has 0 aromatic heterocycles. The lowest BCUT2D eigenvalue weighted by molar-refractivity contribution is -0.126. The van der Waals surface area contributed by atoms with E-state index in [-0.39, 0.29) is 12.3 Å². The van der Waals surface area contributed by atoms with Crippen molar-refractivity contribution in [1.29, 1.82) is 5.26 Å². The van der Waals surface area contributed by atoms with Crippen LogP contribution in [0.3, 0.4) is 0 Å². The maximum atomic E-state index is 11.8. The number of nitrogens with zero attached hydrogens (tertiary/aromatic N) is 1. The molecule has 2 amide bonds. The molecule has 0 fully saturated rings. The quantitative estimate of drug-likeness (QED) is 0.829. The minimum atomic E-state index is -0.451. The van der Waals surface area contributed by atoms with Crippen LogP contribution in [0.4, 0.5) is 5.69 Å². The lowest BCUT2D eigenvalue weighted by Crippen LogP contribution is -2.27. The zero-order chi connectivity index (χ0) is 15.8. The van der Waals surface area contributed by atoms with Gasteiger partial charge >= 0.3 is 0 Å². The molecule has 2 aromatic rings. The van der Waals surface area contributed by atoms with Crippen molar-refractivity contribution >= 4 is 17.5 Å². The fourth-order valence-corrected chi connectivity index (χ4v) is 1.89. The van der Waals surface area contributed by atoms with Gasteiger partial charge in [0.15, 0.2) is 0 Å². The highest BCUT2D eigenvalue weighted by Crippen LogP contribution is 2.13. The SMILES string of the molecule is N#Cc1ccccc1NC(=O)CC(=O)NCc1ccccc1. The van der Waals surface area contributed by atoms with Crippen LogP contribution in [0.2, 0.25) is 0 Å². The van der Waals surface area contributed by atoms with Gasteiger partial charge in [0.25, 0.3) is 0 Å². The van der Waals surface area contributed by atoms with Crippen LogP contribution >= 0.6 is 0 Å². The van der Waals surface area contributed by atoms with Crippen LogP contribution in [0.25, 0.3) is 0 Å². The summed E-state index contributed by atoms with van der Waals surface area (Å²) in [7, 11) is 0. The molecular formula is C17H15N3O2. The Labute approximate surface area is 128 Å². The van der Waals surface area contributed by atoms with Gasteiger partial charge in [-0.2, -0.15) is 5.26 Å². The number of benzene rings is 2. The number of rotatable bonds is 5. The van der Waals surface area contributed by atoms with Gasteiger partial charge in [0.05, 0.1) is 11.3 Å². The topological polar surface area (TPSA) is 82.0 Å². The van der Waals surface area contributed by atoms with Gasteiger partial charge in [0.1, 0.15) is 12.5 Å². The zero-order valence-corrected chi connectivity index (χ0v) is 11.9. The highest BCUT2D eigenvalue weighted by molar-refractivity contribution is 6.04. The van der Waals surface area contributed by atoms with E-state index in [2.05, 4.69) is 10.6 Å². The molecule has 110 valence electrons. The molecule has 5 heteroatoms. The predicted molar refractivity (Wildman–Crippen MR) is 82.7 cm³/mol. The molecule has 2 aromatic carbocycles. The summed E-state index contributed by atoms with van der Waals surface area (Å²) in [5, 5.41) is 14.2. The highest BCUT2D eigenvalue weighted by atomic mass is 16.2. The predicted octanol–water partition coefficient (Wildman–Crippen LogP) is 2.20. The van der Waals surface area contributed by atoms with Gasteiger partial charge in [-0.1, -0.05) is 42.5 Å². The molecule has 22 heavy (non-hydrogen) atoms. The van der Waals surface area contributed by atoms with E-state index in [9.17, 15) is 9.59 Å². The van der Waals surface area contributed by atoms with E-state index in [1.165, 1.54) is 0 Å². The molecule has 0 aliphatic rings. The Morgan fingerprint density at radius 2 is 1.64 bits per heavy atom. The van der Waals surface area contributed by atoms with Crippen LogP contribution in [0, 0.1) is 11.3 Å². The van der Waals surface area contributed by atoms with Crippen LogP contribution in [0.1, 0.15) is 17.5 Å². The molecule has 0 radical (unpaired) electrons. The molecular weight excluding hydrogens is 278 g/mol. The number of amides is 2. The smallest absolute Gasteiger partial charge is 0.233 e. The summed E-state index contributed by atoms with van der Waals surface area (Å²) in [6.45, 7) is 0.377. The third-order valence-electron chi connectivity index (χ3n) is 2.98. The van der Waals surface area contributed by atoms with Crippen molar-refractivity contribution < 1.29 is 9.59 Å². The molecule has 0 spiro atoms. The molecule has 0 unspecified atom stereocenters. The third kappa shape index (κ3) is 4.46. The fourth-order valence-electron chi connectivity index (χ4n) is 1.89. The third-order valence-corrected chi connectivity index (χ3v) is 2.98. The Hall–Kier alpha value is -3.13. The van der Waals surface area contributed by atoms with E-state index in [1.807, 2.05) is 36.4 Å². The molecule has 0 saturated carbocycles. The van der Waals surface area contributed by atoms with Crippen molar-refractivity contribution in [2.75, 3.05) is 5.32 Å². The summed E-state index contributed by atoms with van der Waals surface area (Å²) in [5.41, 5.74) is 1.73. The highest BCUT2D eigenvalue weighted by Gasteiger charge is 2.11. The molecule has 5 nitrogen and oxygen atoms in total. The molecule has 0 heterocycles. The van der Waals surface area contributed by atoms with Crippen molar-refractivity contribution in [3.63, 3.8) is 0 Å². The molecule has 0 aliphatic carbocycles. The number of hydrogen-bond acceptors (Lipinski definition) is 3. The lowest BCUT2D eigenvalue weighted by Gasteiger charge is -2.07. The number of hydrogen-bond donors (Lipinski definition) is 2. The van der Waals surface area contributed by atoms with Gasteiger partial charge in [0.2, 0.25) is 11.8 Å². The van der Waals surface area contributed by atoms with E-state index in [4.69, 9.17) is 5.26 Å². The number of nitriles is 1. The molecule has 2 rings (SSSR count). The molecule has 0 aliphatic heterocycles. The normalized spacial score (nSPS) is 9.59. The first-order chi connectivity index (χ1) is 10.7. The van der Waals surface area contributed by atoms with Crippen molar-refractivity contribution in [2.45, 2.75) is 13.0 Å². The largest absolute Gasteiger partial charge is 0.352 e. The first kappa shape index (κ1) is 15.3. The summed E-state index contributed by atoms with van der Waals surface area (Å²) >= 11 is 0. The minimum absolute atomic E-state index is 0.285. The van der Waals surface area contributed by atoms with Gasteiger partial charge in [-0.25, -0.2) is 0 Å². The van der Waals surface area contributed by atoms with Crippen LogP contribution in [-0.2, 0) is 16.1 Å². The van der Waals surface area contributed by atoms with Gasteiger partial charge in [-0.3, -0.25) is 9.59 Å². The van der Waals surface area contributed by atoms with Crippen LogP contribution in [0.5, 0.6) is 0 Å². The zero-order valence-electron chi connectivity index (χ0n) is 11.9. The van der Waals surface area contributed by atoms with Gasteiger partial charge in [-0.05, 0) is 17.7 Å². The van der Waals surface area contributed by atoms with Gasteiger partial charge < -0.3 is 10.6 Å². The Bertz CT molecular complexity index is 705. The standard InChI is InChI=1S/C17H15N3O2/c18-11-14-8-4-5-9-15(14)20-17(22)10-16(21)19-12-13-6-2-1-3-7-13/h1-9H,10,12H2,(H,19,21)(H,20,22). The summed E-state index contributed by atoms with van der Waals surface area (Å²) < 4.78 is 0. The number of carbonyl (C=O) groups excluding carboxylic acids is 2. The Balaban J connectivity index is 1.84. The van der Waals surface area contributed by atoms with Crippen molar-refractivity contribution in [3.8, 4) is 6.07 Å². The van der Waals surface area contributed by atoms with E-state index in [1.54, 1.807) is 24.3 Å².